The highest BCUT2D eigenvalue weighted by Gasteiger charge is 2.74. The molecule has 34 heavy (non-hydrogen) atoms. The van der Waals surface area contributed by atoms with Crippen molar-refractivity contribution in [2.75, 3.05) is 0 Å². The van der Waals surface area contributed by atoms with Gasteiger partial charge in [-0.25, -0.2) is 8.78 Å². The number of hydrogen-bond donors (Lipinski definition) is 0. The fraction of sp³-hybridized carbons (Fsp3) is 0.833. The molecule has 0 fully saturated rings. The van der Waals surface area contributed by atoms with Gasteiger partial charge in [-0.1, -0.05) is 29.2 Å². The van der Waals surface area contributed by atoms with E-state index in [1.54, 1.807) is 0 Å². The Balaban J connectivity index is -0.000000482. The van der Waals surface area contributed by atoms with Crippen molar-refractivity contribution in [2.24, 2.45) is 0 Å². The average molecular weight is 784 g/mol. The number of hydrogen-bond acceptors (Lipinski definition) is 0. The van der Waals surface area contributed by atoms with Crippen molar-refractivity contribution in [3.8, 4) is 0 Å². The van der Waals surface area contributed by atoms with Gasteiger partial charge in [-0.3, -0.25) is 0 Å². The van der Waals surface area contributed by atoms with E-state index in [1.165, 1.54) is 0 Å². The molecule has 1 unspecified atom stereocenters. The number of allylic oxidation sites excluding steroid dienone is 1. The normalized spacial score (nSPS) is 15.5. The second kappa shape index (κ2) is 11.9. The van der Waals surface area contributed by atoms with Crippen LogP contribution in [0.4, 0.5) is 87.8 Å². The number of halogens is 22. The molecule has 0 aliphatic carbocycles. The Morgan fingerprint density at radius 2 is 0.794 bits per heavy atom. The fourth-order valence-electron chi connectivity index (χ4n) is 0.916. The molecule has 0 aromatic heterocycles. The quantitative estimate of drug-likeness (QED) is 0.113. The lowest BCUT2D eigenvalue weighted by atomic mass is 9.98. The van der Waals surface area contributed by atoms with Crippen LogP contribution in [0.25, 0.3) is 0 Å². The summed E-state index contributed by atoms with van der Waals surface area (Å²) in [6.45, 7) is 2.51. The lowest BCUT2D eigenvalue weighted by Gasteiger charge is -2.31. The van der Waals surface area contributed by atoms with E-state index in [0.717, 1.165) is 0 Å². The van der Waals surface area contributed by atoms with E-state index in [0.29, 0.717) is 0 Å². The monoisotopic (exact) mass is 784 g/mol. The molecule has 0 aliphatic heterocycles. The van der Waals surface area contributed by atoms with Crippen molar-refractivity contribution in [3.63, 3.8) is 0 Å². The highest BCUT2D eigenvalue weighted by Crippen LogP contribution is 2.52. The molecule has 0 saturated heterocycles. The summed E-state index contributed by atoms with van der Waals surface area (Å²) in [4.78, 5) is 0. The molecule has 0 spiro atoms. The number of rotatable bonds is 2. The van der Waals surface area contributed by atoms with Crippen LogP contribution >= 0.6 is 45.2 Å². The van der Waals surface area contributed by atoms with E-state index < -0.39 is 56.7 Å². The van der Waals surface area contributed by atoms with Crippen LogP contribution in [0.3, 0.4) is 0 Å². The molecular weight excluding hydrogens is 778 g/mol. The summed E-state index contributed by atoms with van der Waals surface area (Å²) in [6, 6.07) is 0. The van der Waals surface area contributed by atoms with Crippen molar-refractivity contribution in [1.29, 1.82) is 0 Å². The van der Waals surface area contributed by atoms with Gasteiger partial charge in [0.1, 0.15) is 3.92 Å². The largest absolute Gasteiger partial charge is 0.441 e. The zero-order valence-electron chi connectivity index (χ0n) is 14.9. The van der Waals surface area contributed by atoms with Crippen LogP contribution in [0, 0.1) is 0 Å². The van der Waals surface area contributed by atoms with Gasteiger partial charge in [-0.15, -0.1) is 0 Å². The molecule has 0 rings (SSSR count). The van der Waals surface area contributed by atoms with E-state index in [9.17, 15) is 87.8 Å². The second-order valence-electron chi connectivity index (χ2n) is 5.33. The van der Waals surface area contributed by atoms with Crippen LogP contribution in [0.2, 0.25) is 0 Å². The van der Waals surface area contributed by atoms with E-state index in [-0.39, 0.29) is 51.3 Å². The highest BCUT2D eigenvalue weighted by molar-refractivity contribution is 14.1. The van der Waals surface area contributed by atoms with Gasteiger partial charge in [-0.05, 0) is 22.6 Å². The fourth-order valence-corrected chi connectivity index (χ4v) is 1.52. The molecule has 0 radical (unpaired) electrons. The van der Waals surface area contributed by atoms with Crippen molar-refractivity contribution in [2.45, 2.75) is 56.7 Å². The van der Waals surface area contributed by atoms with Gasteiger partial charge in [0.25, 0.3) is 0 Å². The molecule has 208 valence electrons. The molecular formula is C12H6F20I2. The Labute approximate surface area is 202 Å². The summed E-state index contributed by atoms with van der Waals surface area (Å²) in [5, 5.41) is 0. The van der Waals surface area contributed by atoms with Gasteiger partial charge < -0.3 is 0 Å². The minimum atomic E-state index is -6.46. The Bertz CT molecular complexity index is 582. The summed E-state index contributed by atoms with van der Waals surface area (Å²) in [5.41, 5.74) is -5.87. The Morgan fingerprint density at radius 1 is 0.559 bits per heavy atom. The van der Waals surface area contributed by atoms with Gasteiger partial charge >= 0.3 is 46.4 Å². The molecule has 0 nitrogen and oxygen atoms in total. The van der Waals surface area contributed by atoms with Crippen LogP contribution in [-0.2, 0) is 0 Å². The lowest BCUT2D eigenvalue weighted by Crippen LogP contribution is -2.55. The second-order valence-corrected chi connectivity index (χ2v) is 8.32. The zero-order valence-corrected chi connectivity index (χ0v) is 19.2. The number of alkyl halides is 22. The van der Waals surface area contributed by atoms with Crippen molar-refractivity contribution in [1.82, 2.24) is 0 Å². The van der Waals surface area contributed by atoms with Crippen molar-refractivity contribution >= 4 is 45.2 Å². The topological polar surface area (TPSA) is 0 Å². The Morgan fingerprint density at radius 3 is 0.882 bits per heavy atom. The molecule has 0 N–H and O–H groups in total. The van der Waals surface area contributed by atoms with Gasteiger partial charge in [0.05, 0.1) is 0 Å². The van der Waals surface area contributed by atoms with Crippen LogP contribution in [0.1, 0.15) is 6.42 Å². The van der Waals surface area contributed by atoms with Gasteiger partial charge in [0.2, 0.25) is 0 Å². The smallest absolute Gasteiger partial charge is 0.224 e. The SMILES string of the molecule is C=CC(F)(F)F.FC(F)(F)C(F)(I)C(F)(F)F.FC(F)(F)C(I)CC(F)(C(F)(F)F)C(F)(F)F. The molecule has 0 aromatic rings. The molecule has 0 aromatic carbocycles. The summed E-state index contributed by atoms with van der Waals surface area (Å²) in [7, 11) is 0. The summed E-state index contributed by atoms with van der Waals surface area (Å²) in [5.74, 6) is 0. The van der Waals surface area contributed by atoms with Crippen LogP contribution in [0.15, 0.2) is 12.7 Å². The first-order chi connectivity index (χ1) is 14.2. The van der Waals surface area contributed by atoms with Crippen LogP contribution < -0.4 is 0 Å². The van der Waals surface area contributed by atoms with Crippen molar-refractivity contribution < 1.29 is 87.8 Å². The Kier molecular flexibility index (Phi) is 13.4. The van der Waals surface area contributed by atoms with E-state index in [2.05, 4.69) is 6.58 Å². The molecule has 0 amide bonds. The van der Waals surface area contributed by atoms with Crippen LogP contribution in [0.5, 0.6) is 0 Å². The minimum absolute atomic E-state index is 0.0625. The minimum Gasteiger partial charge on any atom is -0.224 e. The lowest BCUT2D eigenvalue weighted by molar-refractivity contribution is -0.345. The van der Waals surface area contributed by atoms with Crippen LogP contribution in [-0.4, -0.2) is 50.3 Å². The molecule has 1 atom stereocenters. The first-order valence-corrected chi connectivity index (χ1v) is 9.26. The predicted octanol–water partition coefficient (Wildman–Crippen LogP) is 9.52. The molecule has 0 heterocycles. The highest BCUT2D eigenvalue weighted by atomic mass is 127. The molecule has 22 heteroatoms. The molecule has 0 aliphatic rings. The van der Waals surface area contributed by atoms with Gasteiger partial charge in [-0.2, -0.15) is 79.0 Å². The maximum Gasteiger partial charge on any atom is 0.441 e. The maximum atomic E-state index is 12.8. The standard InChI is InChI=1S/C6H3F10I.C3F7I.C3H3F3/c7-3(5(11,12)13,6(14,15)16)1-2(17)4(8,9)10;4-1(11,2(5,6)7)3(8,9)10;1-2-3(4,5)6/h2H,1H2;;2H,1H2. The van der Waals surface area contributed by atoms with E-state index in [4.69, 9.17) is 0 Å². The first-order valence-electron chi connectivity index (χ1n) is 6.93. The van der Waals surface area contributed by atoms with E-state index >= 15 is 0 Å². The molecule has 0 saturated carbocycles. The summed E-state index contributed by atoms with van der Waals surface area (Å²) < 4.78 is 223. The maximum absolute atomic E-state index is 12.8. The van der Waals surface area contributed by atoms with Gasteiger partial charge in [0, 0.05) is 12.5 Å². The average Bonchev–Trinajstić information content (AvgIpc) is 2.50. The first kappa shape index (κ1) is 38.3. The van der Waals surface area contributed by atoms with E-state index in [1.807, 2.05) is 0 Å². The van der Waals surface area contributed by atoms with Crippen molar-refractivity contribution in [3.05, 3.63) is 12.7 Å². The Hall–Kier alpha value is -0.200. The summed E-state index contributed by atoms with van der Waals surface area (Å²) >= 11 is -0.0390. The predicted molar refractivity (Wildman–Crippen MR) is 90.7 cm³/mol. The van der Waals surface area contributed by atoms with Gasteiger partial charge in [0.15, 0.2) is 0 Å². The third-order valence-corrected chi connectivity index (χ3v) is 5.03. The third-order valence-electron chi connectivity index (χ3n) is 2.66. The zero-order chi connectivity index (χ0) is 29.0. The summed E-state index contributed by atoms with van der Waals surface area (Å²) in [6.07, 6.45) is -37.1. The third kappa shape index (κ3) is 12.2. The molecule has 0 bridgehead atoms.